The van der Waals surface area contributed by atoms with Crippen LogP contribution in [0.25, 0.3) is 0 Å². The maximum absolute atomic E-state index is 11.5. The molecule has 0 bridgehead atoms. The van der Waals surface area contributed by atoms with Gasteiger partial charge in [0.2, 0.25) is 0 Å². The van der Waals surface area contributed by atoms with E-state index in [0.717, 1.165) is 0 Å². The van der Waals surface area contributed by atoms with Crippen LogP contribution in [-0.2, 0) is 29.9 Å². The lowest BCUT2D eigenvalue weighted by Gasteiger charge is -2.04. The molecule has 0 aliphatic heterocycles. The van der Waals surface area contributed by atoms with Gasteiger partial charge in [-0.25, -0.2) is 8.75 Å². The van der Waals surface area contributed by atoms with E-state index in [9.17, 15) is 13.0 Å². The average molecular weight is 263 g/mol. The van der Waals surface area contributed by atoms with E-state index in [1.54, 1.807) is 12.1 Å². The predicted molar refractivity (Wildman–Crippen MR) is 56.2 cm³/mol. The molecule has 16 heavy (non-hydrogen) atoms. The minimum atomic E-state index is -3.89. The van der Waals surface area contributed by atoms with Gasteiger partial charge >= 0.3 is 8.69 Å². The molecular weight excluding hydrogens is 253 g/mol. The van der Waals surface area contributed by atoms with E-state index in [2.05, 4.69) is 8.71 Å². The molecule has 6 nitrogen and oxygen atoms in total. The minimum absolute atomic E-state index is 0.0124. The molecule has 0 atom stereocenters. The summed E-state index contributed by atoms with van der Waals surface area (Å²) < 4.78 is 41.7. The summed E-state index contributed by atoms with van der Waals surface area (Å²) in [6.45, 7) is -0.362. The van der Waals surface area contributed by atoms with Gasteiger partial charge in [-0.3, -0.25) is 4.52 Å². The maximum atomic E-state index is 11.5. The first-order chi connectivity index (χ1) is 7.60. The Hall–Kier alpha value is -0.850. The molecule has 0 aliphatic carbocycles. The lowest BCUT2D eigenvalue weighted by molar-refractivity contribution is 0.140. The molecule has 8 heteroatoms. The first-order valence-electron chi connectivity index (χ1n) is 4.23. The van der Waals surface area contributed by atoms with Crippen LogP contribution in [0.15, 0.2) is 29.2 Å². The highest BCUT2D eigenvalue weighted by Crippen LogP contribution is 2.14. The van der Waals surface area contributed by atoms with Crippen molar-refractivity contribution in [3.05, 3.63) is 29.8 Å². The average Bonchev–Trinajstić information content (AvgIpc) is 2.29. The van der Waals surface area contributed by atoms with Gasteiger partial charge in [-0.1, -0.05) is 12.1 Å². The Morgan fingerprint density at radius 2 is 2.12 bits per heavy atom. The van der Waals surface area contributed by atoms with Crippen molar-refractivity contribution in [2.45, 2.75) is 11.4 Å². The first kappa shape index (κ1) is 13.2. The molecule has 0 aromatic heterocycles. The van der Waals surface area contributed by atoms with Crippen LogP contribution in [-0.4, -0.2) is 15.2 Å². The second kappa shape index (κ2) is 6.03. The zero-order chi connectivity index (χ0) is 12.0. The van der Waals surface area contributed by atoms with Gasteiger partial charge in [0.25, 0.3) is 10.1 Å². The van der Waals surface area contributed by atoms with Gasteiger partial charge in [0.15, 0.2) is 6.79 Å². The topological polar surface area (TPSA) is 95.7 Å². The highest BCUT2D eigenvalue weighted by molar-refractivity contribution is 7.86. The number of benzene rings is 1. The lowest BCUT2D eigenvalue weighted by atomic mass is 10.2. The molecule has 0 saturated carbocycles. The Morgan fingerprint density at radius 3 is 2.75 bits per heavy atom. The Labute approximate surface area is 94.8 Å². The predicted octanol–water partition coefficient (Wildman–Crippen LogP) is 1.03. The van der Waals surface area contributed by atoms with Crippen molar-refractivity contribution in [3.63, 3.8) is 0 Å². The summed E-state index contributed by atoms with van der Waals surface area (Å²) in [5.74, 6) is 0. The van der Waals surface area contributed by atoms with Crippen molar-refractivity contribution in [3.8, 4) is 0 Å². The summed E-state index contributed by atoms with van der Waals surface area (Å²) in [5.41, 5.74) is 6.05. The molecule has 0 unspecified atom stereocenters. The standard InChI is InChI=1S/C8H10NO5PS/c9-5-7-2-1-3-8(4-7)16(11,12)14-6-13-15-10/h1-4H,5-6,9H2. The van der Waals surface area contributed by atoms with Crippen LogP contribution < -0.4 is 5.73 Å². The van der Waals surface area contributed by atoms with Gasteiger partial charge < -0.3 is 5.73 Å². The Kier molecular flexibility index (Phi) is 4.98. The van der Waals surface area contributed by atoms with Gasteiger partial charge in [0.05, 0.1) is 4.90 Å². The number of rotatable bonds is 6. The Morgan fingerprint density at radius 1 is 1.38 bits per heavy atom. The molecule has 0 amide bonds. The highest BCUT2D eigenvalue weighted by atomic mass is 32.2. The van der Waals surface area contributed by atoms with Crippen molar-refractivity contribution in [2.75, 3.05) is 6.79 Å². The van der Waals surface area contributed by atoms with Gasteiger partial charge in [0, 0.05) is 6.54 Å². The fraction of sp³-hybridized carbons (Fsp3) is 0.250. The molecule has 0 radical (unpaired) electrons. The summed E-state index contributed by atoms with van der Waals surface area (Å²) in [6.07, 6.45) is 0. The van der Waals surface area contributed by atoms with E-state index in [1.807, 2.05) is 0 Å². The summed E-state index contributed by atoms with van der Waals surface area (Å²) in [6, 6.07) is 6.05. The fourth-order valence-electron chi connectivity index (χ4n) is 1.00. The SMILES string of the molecule is NCc1cccc(S(=O)(=O)OCOP=O)c1. The highest BCUT2D eigenvalue weighted by Gasteiger charge is 2.15. The summed E-state index contributed by atoms with van der Waals surface area (Å²) >= 11 is 0. The molecule has 0 aliphatic rings. The van der Waals surface area contributed by atoms with Crippen molar-refractivity contribution < 1.29 is 21.7 Å². The normalized spacial score (nSPS) is 11.8. The number of hydrogen-bond acceptors (Lipinski definition) is 6. The Balaban J connectivity index is 2.84. The van der Waals surface area contributed by atoms with E-state index in [0.29, 0.717) is 5.56 Å². The van der Waals surface area contributed by atoms with E-state index in [-0.39, 0.29) is 11.4 Å². The molecule has 1 rings (SSSR count). The third-order valence-electron chi connectivity index (χ3n) is 1.73. The molecule has 1 aromatic rings. The van der Waals surface area contributed by atoms with Crippen molar-refractivity contribution in [2.24, 2.45) is 5.73 Å². The van der Waals surface area contributed by atoms with E-state index in [4.69, 9.17) is 5.73 Å². The van der Waals surface area contributed by atoms with Gasteiger partial charge in [-0.15, -0.1) is 0 Å². The second-order valence-electron chi connectivity index (χ2n) is 2.74. The molecule has 0 spiro atoms. The quantitative estimate of drug-likeness (QED) is 0.356. The van der Waals surface area contributed by atoms with E-state index >= 15 is 0 Å². The monoisotopic (exact) mass is 263 g/mol. The van der Waals surface area contributed by atoms with Crippen LogP contribution in [0.4, 0.5) is 0 Å². The summed E-state index contributed by atoms with van der Waals surface area (Å²) in [7, 11) is -4.53. The van der Waals surface area contributed by atoms with E-state index < -0.39 is 25.6 Å². The lowest BCUT2D eigenvalue weighted by Crippen LogP contribution is -2.08. The van der Waals surface area contributed by atoms with Crippen LogP contribution in [0, 0.1) is 0 Å². The number of nitrogens with two attached hydrogens (primary N) is 1. The Bertz CT molecular complexity index is 461. The molecular formula is C8H10NO5PS. The summed E-state index contributed by atoms with van der Waals surface area (Å²) in [4.78, 5) is -0.0124. The van der Waals surface area contributed by atoms with Crippen LogP contribution in [0.3, 0.4) is 0 Å². The molecule has 2 N–H and O–H groups in total. The molecule has 88 valence electrons. The third-order valence-corrected chi connectivity index (χ3v) is 3.18. The smallest absolute Gasteiger partial charge is 0.326 e. The third kappa shape index (κ3) is 3.62. The largest absolute Gasteiger partial charge is 0.329 e. The van der Waals surface area contributed by atoms with Crippen molar-refractivity contribution in [1.82, 2.24) is 0 Å². The first-order valence-corrected chi connectivity index (χ1v) is 6.37. The van der Waals surface area contributed by atoms with Gasteiger partial charge in [-0.05, 0) is 17.7 Å². The summed E-state index contributed by atoms with van der Waals surface area (Å²) in [5, 5.41) is 0. The van der Waals surface area contributed by atoms with Gasteiger partial charge in [0.1, 0.15) is 0 Å². The van der Waals surface area contributed by atoms with Crippen LogP contribution >= 0.6 is 8.69 Å². The van der Waals surface area contributed by atoms with Crippen LogP contribution in [0.1, 0.15) is 5.56 Å². The maximum Gasteiger partial charge on any atom is 0.329 e. The van der Waals surface area contributed by atoms with Crippen molar-refractivity contribution in [1.29, 1.82) is 0 Å². The number of hydrogen-bond donors (Lipinski definition) is 1. The van der Waals surface area contributed by atoms with E-state index in [1.165, 1.54) is 12.1 Å². The van der Waals surface area contributed by atoms with Crippen LogP contribution in [0.2, 0.25) is 0 Å². The zero-order valence-electron chi connectivity index (χ0n) is 8.20. The molecule has 0 fully saturated rings. The van der Waals surface area contributed by atoms with Crippen molar-refractivity contribution >= 4 is 18.8 Å². The fourth-order valence-corrected chi connectivity index (χ4v) is 2.02. The van der Waals surface area contributed by atoms with Gasteiger partial charge in [-0.2, -0.15) is 8.42 Å². The zero-order valence-corrected chi connectivity index (χ0v) is 9.91. The molecule has 0 saturated heterocycles. The molecule has 0 heterocycles. The minimum Gasteiger partial charge on any atom is -0.326 e. The molecule has 1 aromatic carbocycles. The van der Waals surface area contributed by atoms with Crippen LogP contribution in [0.5, 0.6) is 0 Å². The second-order valence-corrected chi connectivity index (χ2v) is 4.77.